The minimum atomic E-state index is -0.242. The molecule has 1 aliphatic heterocycles. The first-order valence-corrected chi connectivity index (χ1v) is 9.31. The summed E-state index contributed by atoms with van der Waals surface area (Å²) in [5.41, 5.74) is 5.15. The summed E-state index contributed by atoms with van der Waals surface area (Å²) in [4.78, 5) is 14.6. The molecule has 1 fully saturated rings. The minimum Gasteiger partial charge on any atom is -0.490 e. The fourth-order valence-corrected chi connectivity index (χ4v) is 2.85. The average Bonchev–Trinajstić information content (AvgIpc) is 2.74. The Hall–Kier alpha value is -2.96. The van der Waals surface area contributed by atoms with Crippen LogP contribution in [-0.2, 0) is 11.3 Å². The lowest BCUT2D eigenvalue weighted by atomic mass is 10.1. The van der Waals surface area contributed by atoms with E-state index >= 15 is 0 Å². The molecule has 0 unspecified atom stereocenters. The number of nitrogens with one attached hydrogen (secondary N) is 1. The Morgan fingerprint density at radius 1 is 1.21 bits per heavy atom. The van der Waals surface area contributed by atoms with Gasteiger partial charge in [0, 0.05) is 25.2 Å². The van der Waals surface area contributed by atoms with Gasteiger partial charge in [-0.25, -0.2) is 5.43 Å². The van der Waals surface area contributed by atoms with Crippen LogP contribution in [0.3, 0.4) is 0 Å². The van der Waals surface area contributed by atoms with Gasteiger partial charge in [-0.15, -0.1) is 0 Å². The molecule has 2 aromatic carbocycles. The molecular weight excluding hydrogens is 354 g/mol. The zero-order chi connectivity index (χ0) is 19.6. The number of nitrogens with zero attached hydrogens (tertiary/aromatic N) is 2. The molecular formula is C22H25N3O3. The molecule has 0 aliphatic carbocycles. The van der Waals surface area contributed by atoms with Crippen LogP contribution in [0.15, 0.2) is 66.3 Å². The molecule has 3 rings (SSSR count). The topological polar surface area (TPSA) is 63.2 Å². The van der Waals surface area contributed by atoms with Crippen molar-refractivity contribution in [2.45, 2.75) is 6.54 Å². The van der Waals surface area contributed by atoms with E-state index in [0.717, 1.165) is 44.2 Å². The van der Waals surface area contributed by atoms with Gasteiger partial charge in [0.2, 0.25) is 0 Å². The number of hydrogen-bond acceptors (Lipinski definition) is 5. The molecule has 28 heavy (non-hydrogen) atoms. The van der Waals surface area contributed by atoms with Crippen LogP contribution in [0.2, 0.25) is 0 Å². The summed E-state index contributed by atoms with van der Waals surface area (Å²) in [5, 5.41) is 4.03. The third-order valence-corrected chi connectivity index (χ3v) is 4.33. The lowest BCUT2D eigenvalue weighted by molar-refractivity contribution is 0.0342. The Labute approximate surface area is 165 Å². The number of hydrogen-bond donors (Lipinski definition) is 1. The van der Waals surface area contributed by atoms with E-state index < -0.39 is 0 Å². The molecule has 2 aromatic rings. The van der Waals surface area contributed by atoms with Crippen molar-refractivity contribution in [2.75, 3.05) is 32.9 Å². The van der Waals surface area contributed by atoms with Crippen molar-refractivity contribution >= 4 is 12.1 Å². The Bertz CT molecular complexity index is 812. The van der Waals surface area contributed by atoms with Crippen molar-refractivity contribution in [1.82, 2.24) is 10.3 Å². The summed E-state index contributed by atoms with van der Waals surface area (Å²) < 4.78 is 10.8. The van der Waals surface area contributed by atoms with Gasteiger partial charge < -0.3 is 9.47 Å². The molecule has 1 aliphatic rings. The number of carbonyl (C=O) groups excluding carboxylic acids is 1. The second-order valence-electron chi connectivity index (χ2n) is 6.46. The van der Waals surface area contributed by atoms with Crippen molar-refractivity contribution in [3.05, 3.63) is 77.9 Å². The van der Waals surface area contributed by atoms with Gasteiger partial charge >= 0.3 is 0 Å². The standard InChI is InChI=1S/C22H25N3O3/c1-2-12-28-21-5-3-4-19(15-21)16-23-24-22(26)20-8-6-18(7-9-20)17-25-10-13-27-14-11-25/h2-9,15-16H,1,10-14,17H2,(H,24,26)/b23-16+. The van der Waals surface area contributed by atoms with Crippen molar-refractivity contribution in [3.8, 4) is 5.75 Å². The SMILES string of the molecule is C=CCOc1cccc(/C=N/NC(=O)c2ccc(CN3CCOCC3)cc2)c1. The number of ether oxygens (including phenoxy) is 2. The highest BCUT2D eigenvalue weighted by molar-refractivity contribution is 5.94. The fraction of sp³-hybridized carbons (Fsp3) is 0.273. The molecule has 1 saturated heterocycles. The van der Waals surface area contributed by atoms with Crippen LogP contribution in [0.4, 0.5) is 0 Å². The third-order valence-electron chi connectivity index (χ3n) is 4.33. The highest BCUT2D eigenvalue weighted by atomic mass is 16.5. The summed E-state index contributed by atoms with van der Waals surface area (Å²) in [7, 11) is 0. The maximum Gasteiger partial charge on any atom is 0.271 e. The Balaban J connectivity index is 1.51. The van der Waals surface area contributed by atoms with E-state index in [-0.39, 0.29) is 5.91 Å². The molecule has 1 heterocycles. The predicted octanol–water partition coefficient (Wildman–Crippen LogP) is 2.85. The Morgan fingerprint density at radius 3 is 2.75 bits per heavy atom. The summed E-state index contributed by atoms with van der Waals surface area (Å²) >= 11 is 0. The van der Waals surface area contributed by atoms with Crippen LogP contribution >= 0.6 is 0 Å². The first-order chi connectivity index (χ1) is 13.7. The lowest BCUT2D eigenvalue weighted by Crippen LogP contribution is -2.35. The number of carbonyl (C=O) groups is 1. The first-order valence-electron chi connectivity index (χ1n) is 9.31. The molecule has 0 aromatic heterocycles. The maximum atomic E-state index is 12.3. The number of hydrazone groups is 1. The van der Waals surface area contributed by atoms with E-state index in [1.54, 1.807) is 12.3 Å². The van der Waals surface area contributed by atoms with Crippen molar-refractivity contribution in [1.29, 1.82) is 0 Å². The second kappa shape index (κ2) is 10.4. The summed E-state index contributed by atoms with van der Waals surface area (Å²) in [6.45, 7) is 8.38. The van der Waals surface area contributed by atoms with E-state index in [1.807, 2.05) is 48.5 Å². The van der Waals surface area contributed by atoms with Gasteiger partial charge in [0.15, 0.2) is 0 Å². The van der Waals surface area contributed by atoms with Gasteiger partial charge in [0.05, 0.1) is 19.4 Å². The Morgan fingerprint density at radius 2 is 2.00 bits per heavy atom. The lowest BCUT2D eigenvalue weighted by Gasteiger charge is -2.26. The van der Waals surface area contributed by atoms with Gasteiger partial charge in [-0.05, 0) is 35.4 Å². The van der Waals surface area contributed by atoms with Crippen LogP contribution in [0.5, 0.6) is 5.75 Å². The summed E-state index contributed by atoms with van der Waals surface area (Å²) in [5.74, 6) is 0.485. The monoisotopic (exact) mass is 379 g/mol. The summed E-state index contributed by atoms with van der Waals surface area (Å²) in [6.07, 6.45) is 3.28. The number of morpholine rings is 1. The van der Waals surface area contributed by atoms with Gasteiger partial charge in [-0.2, -0.15) is 5.10 Å². The average molecular weight is 379 g/mol. The minimum absolute atomic E-state index is 0.242. The molecule has 0 bridgehead atoms. The van der Waals surface area contributed by atoms with Crippen LogP contribution in [-0.4, -0.2) is 49.9 Å². The number of amides is 1. The van der Waals surface area contributed by atoms with Gasteiger partial charge in [-0.3, -0.25) is 9.69 Å². The predicted molar refractivity (Wildman–Crippen MR) is 110 cm³/mol. The molecule has 1 amide bonds. The molecule has 0 atom stereocenters. The molecule has 146 valence electrons. The zero-order valence-electron chi connectivity index (χ0n) is 15.8. The highest BCUT2D eigenvalue weighted by Crippen LogP contribution is 2.12. The van der Waals surface area contributed by atoms with E-state index in [4.69, 9.17) is 9.47 Å². The van der Waals surface area contributed by atoms with Gasteiger partial charge in [-0.1, -0.05) is 36.9 Å². The van der Waals surface area contributed by atoms with Crippen LogP contribution in [0.25, 0.3) is 0 Å². The zero-order valence-corrected chi connectivity index (χ0v) is 15.8. The first kappa shape index (κ1) is 19.8. The van der Waals surface area contributed by atoms with Crippen molar-refractivity contribution in [2.24, 2.45) is 5.10 Å². The second-order valence-corrected chi connectivity index (χ2v) is 6.46. The number of rotatable bonds is 8. The van der Waals surface area contributed by atoms with Crippen molar-refractivity contribution < 1.29 is 14.3 Å². The van der Waals surface area contributed by atoms with Crippen LogP contribution in [0, 0.1) is 0 Å². The summed E-state index contributed by atoms with van der Waals surface area (Å²) in [6, 6.07) is 15.1. The highest BCUT2D eigenvalue weighted by Gasteiger charge is 2.11. The van der Waals surface area contributed by atoms with Gasteiger partial charge in [0.1, 0.15) is 12.4 Å². The smallest absolute Gasteiger partial charge is 0.271 e. The van der Waals surface area contributed by atoms with E-state index in [0.29, 0.717) is 12.2 Å². The molecule has 6 nitrogen and oxygen atoms in total. The van der Waals surface area contributed by atoms with Gasteiger partial charge in [0.25, 0.3) is 5.91 Å². The van der Waals surface area contributed by atoms with E-state index in [9.17, 15) is 4.79 Å². The third kappa shape index (κ3) is 6.04. The molecule has 0 saturated carbocycles. The Kier molecular flexibility index (Phi) is 7.35. The van der Waals surface area contributed by atoms with Crippen molar-refractivity contribution in [3.63, 3.8) is 0 Å². The van der Waals surface area contributed by atoms with E-state index in [2.05, 4.69) is 22.0 Å². The quantitative estimate of drug-likeness (QED) is 0.435. The molecule has 0 spiro atoms. The molecule has 0 radical (unpaired) electrons. The maximum absolute atomic E-state index is 12.3. The van der Waals surface area contributed by atoms with E-state index in [1.165, 1.54) is 5.56 Å². The number of benzene rings is 2. The molecule has 1 N–H and O–H groups in total. The largest absolute Gasteiger partial charge is 0.490 e. The van der Waals surface area contributed by atoms with Crippen LogP contribution < -0.4 is 10.2 Å². The fourth-order valence-electron chi connectivity index (χ4n) is 2.85. The molecule has 6 heteroatoms. The normalized spacial score (nSPS) is 14.7. The van der Waals surface area contributed by atoms with Crippen LogP contribution in [0.1, 0.15) is 21.5 Å².